The number of nitrogens with one attached hydrogen (secondary N) is 2. The van der Waals surface area contributed by atoms with Crippen molar-refractivity contribution in [2.24, 2.45) is 10.4 Å². The topological polar surface area (TPSA) is 48.9 Å². The van der Waals surface area contributed by atoms with Crippen molar-refractivity contribution in [3.63, 3.8) is 0 Å². The molecule has 1 aliphatic rings. The molecule has 1 heterocycles. The Bertz CT molecular complexity index is 556. The number of rotatable bonds is 7. The molecular weight excluding hydrogens is 336 g/mol. The minimum absolute atomic E-state index is 0.104. The quantitative estimate of drug-likeness (QED) is 0.574. The van der Waals surface area contributed by atoms with Crippen LogP contribution >= 0.6 is 11.6 Å². The zero-order chi connectivity index (χ0) is 18.1. The number of morpholine rings is 1. The molecule has 0 atom stereocenters. The van der Waals surface area contributed by atoms with Gasteiger partial charge in [0.2, 0.25) is 0 Å². The van der Waals surface area contributed by atoms with Gasteiger partial charge < -0.3 is 15.4 Å². The molecule has 1 saturated heterocycles. The van der Waals surface area contributed by atoms with Gasteiger partial charge in [0.15, 0.2) is 5.96 Å². The van der Waals surface area contributed by atoms with E-state index in [1.54, 1.807) is 0 Å². The first-order valence-corrected chi connectivity index (χ1v) is 9.35. The lowest BCUT2D eigenvalue weighted by Gasteiger charge is -2.28. The Hall–Kier alpha value is -1.30. The van der Waals surface area contributed by atoms with Gasteiger partial charge in [0.05, 0.1) is 13.2 Å². The first kappa shape index (κ1) is 20.0. The van der Waals surface area contributed by atoms with Crippen molar-refractivity contribution in [3.05, 3.63) is 34.9 Å². The van der Waals surface area contributed by atoms with Crippen LogP contribution < -0.4 is 10.6 Å². The SMILES string of the molecule is CN=C(NCCN1CCOCC1)NCC(C)(C)Cc1cccc(Cl)c1. The second kappa shape index (κ2) is 10.00. The van der Waals surface area contributed by atoms with E-state index in [0.29, 0.717) is 0 Å². The molecule has 0 saturated carbocycles. The molecule has 5 nitrogen and oxygen atoms in total. The summed E-state index contributed by atoms with van der Waals surface area (Å²) in [7, 11) is 1.81. The summed E-state index contributed by atoms with van der Waals surface area (Å²) < 4.78 is 5.37. The fourth-order valence-electron chi connectivity index (χ4n) is 2.96. The van der Waals surface area contributed by atoms with Crippen LogP contribution in [0.4, 0.5) is 0 Å². The van der Waals surface area contributed by atoms with E-state index >= 15 is 0 Å². The van der Waals surface area contributed by atoms with E-state index in [-0.39, 0.29) is 5.41 Å². The van der Waals surface area contributed by atoms with Gasteiger partial charge in [-0.2, -0.15) is 0 Å². The standard InChI is InChI=1S/C19H31ClN4O/c1-19(2,14-16-5-4-6-17(20)13-16)15-23-18(21-3)22-7-8-24-9-11-25-12-10-24/h4-6,13H,7-12,14-15H2,1-3H3,(H2,21,22,23). The maximum Gasteiger partial charge on any atom is 0.191 e. The van der Waals surface area contributed by atoms with Gasteiger partial charge in [-0.3, -0.25) is 9.89 Å². The van der Waals surface area contributed by atoms with Crippen LogP contribution in [0.1, 0.15) is 19.4 Å². The molecule has 0 radical (unpaired) electrons. The van der Waals surface area contributed by atoms with Gasteiger partial charge in [-0.1, -0.05) is 37.6 Å². The molecule has 1 aromatic carbocycles. The highest BCUT2D eigenvalue weighted by Crippen LogP contribution is 2.22. The summed E-state index contributed by atoms with van der Waals surface area (Å²) in [6.45, 7) is 10.9. The third kappa shape index (κ3) is 7.63. The van der Waals surface area contributed by atoms with Crippen LogP contribution in [0.25, 0.3) is 0 Å². The Morgan fingerprint density at radius 2 is 2.04 bits per heavy atom. The van der Waals surface area contributed by atoms with E-state index in [1.165, 1.54) is 5.56 Å². The summed E-state index contributed by atoms with van der Waals surface area (Å²) in [5.74, 6) is 0.854. The van der Waals surface area contributed by atoms with Crippen LogP contribution in [0.2, 0.25) is 5.02 Å². The maximum absolute atomic E-state index is 6.09. The average molecular weight is 367 g/mol. The van der Waals surface area contributed by atoms with Gasteiger partial charge in [-0.15, -0.1) is 0 Å². The third-order valence-electron chi connectivity index (χ3n) is 4.35. The van der Waals surface area contributed by atoms with Crippen LogP contribution in [0, 0.1) is 5.41 Å². The van der Waals surface area contributed by atoms with Crippen LogP contribution in [-0.2, 0) is 11.2 Å². The van der Waals surface area contributed by atoms with Crippen molar-refractivity contribution in [2.45, 2.75) is 20.3 Å². The molecule has 0 aliphatic carbocycles. The summed E-state index contributed by atoms with van der Waals surface area (Å²) in [4.78, 5) is 6.73. The Morgan fingerprint density at radius 1 is 1.28 bits per heavy atom. The monoisotopic (exact) mass is 366 g/mol. The lowest BCUT2D eigenvalue weighted by atomic mass is 9.86. The molecule has 1 aromatic rings. The molecule has 2 rings (SSSR count). The summed E-state index contributed by atoms with van der Waals surface area (Å²) in [6.07, 6.45) is 0.964. The van der Waals surface area contributed by atoms with Crippen LogP contribution in [0.15, 0.2) is 29.3 Å². The first-order valence-electron chi connectivity index (χ1n) is 8.97. The summed E-state index contributed by atoms with van der Waals surface area (Å²) in [6, 6.07) is 8.09. The zero-order valence-corrected chi connectivity index (χ0v) is 16.4. The predicted octanol–water partition coefficient (Wildman–Crippen LogP) is 2.41. The molecule has 0 amide bonds. The van der Waals surface area contributed by atoms with Crippen LogP contribution in [-0.4, -0.2) is 63.8 Å². The molecule has 0 bridgehead atoms. The Morgan fingerprint density at radius 3 is 2.72 bits per heavy atom. The molecule has 25 heavy (non-hydrogen) atoms. The summed E-state index contributed by atoms with van der Waals surface area (Å²) >= 11 is 6.09. The molecule has 140 valence electrons. The molecule has 2 N–H and O–H groups in total. The molecule has 1 aliphatic heterocycles. The van der Waals surface area contributed by atoms with E-state index < -0.39 is 0 Å². The second-order valence-electron chi connectivity index (χ2n) is 7.28. The van der Waals surface area contributed by atoms with Crippen LogP contribution in [0.3, 0.4) is 0 Å². The largest absolute Gasteiger partial charge is 0.379 e. The van der Waals surface area contributed by atoms with Crippen molar-refractivity contribution in [1.82, 2.24) is 15.5 Å². The average Bonchev–Trinajstić information content (AvgIpc) is 2.58. The van der Waals surface area contributed by atoms with E-state index in [2.05, 4.69) is 40.4 Å². The third-order valence-corrected chi connectivity index (χ3v) is 4.59. The van der Waals surface area contributed by atoms with Gasteiger partial charge >= 0.3 is 0 Å². The smallest absolute Gasteiger partial charge is 0.191 e. The number of nitrogens with zero attached hydrogens (tertiary/aromatic N) is 2. The Kier molecular flexibility index (Phi) is 8.00. The van der Waals surface area contributed by atoms with Crippen molar-refractivity contribution < 1.29 is 4.74 Å². The van der Waals surface area contributed by atoms with Crippen molar-refractivity contribution in [3.8, 4) is 0 Å². The second-order valence-corrected chi connectivity index (χ2v) is 7.71. The first-order chi connectivity index (χ1) is 12.0. The fraction of sp³-hybridized carbons (Fsp3) is 0.632. The number of benzene rings is 1. The van der Waals surface area contributed by atoms with Gasteiger partial charge in [0.25, 0.3) is 0 Å². The van der Waals surface area contributed by atoms with E-state index in [4.69, 9.17) is 16.3 Å². The van der Waals surface area contributed by atoms with E-state index in [1.807, 2.05) is 25.2 Å². The highest BCUT2D eigenvalue weighted by molar-refractivity contribution is 6.30. The predicted molar refractivity (Wildman–Crippen MR) is 106 cm³/mol. The summed E-state index contributed by atoms with van der Waals surface area (Å²) in [5.41, 5.74) is 1.36. The van der Waals surface area contributed by atoms with E-state index in [0.717, 1.165) is 63.3 Å². The number of guanidine groups is 1. The van der Waals surface area contributed by atoms with E-state index in [9.17, 15) is 0 Å². The molecule has 0 spiro atoms. The molecule has 0 aromatic heterocycles. The van der Waals surface area contributed by atoms with Gasteiger partial charge in [-0.05, 0) is 29.5 Å². The fourth-order valence-corrected chi connectivity index (χ4v) is 3.18. The van der Waals surface area contributed by atoms with Crippen molar-refractivity contribution in [1.29, 1.82) is 0 Å². The lowest BCUT2D eigenvalue weighted by molar-refractivity contribution is 0.0389. The molecule has 6 heteroatoms. The van der Waals surface area contributed by atoms with Crippen molar-refractivity contribution in [2.75, 3.05) is 53.0 Å². The zero-order valence-electron chi connectivity index (χ0n) is 15.6. The molecular formula is C19H31ClN4O. The molecule has 1 fully saturated rings. The summed E-state index contributed by atoms with van der Waals surface area (Å²) in [5, 5.41) is 7.64. The number of hydrogen-bond acceptors (Lipinski definition) is 3. The van der Waals surface area contributed by atoms with Crippen molar-refractivity contribution >= 4 is 17.6 Å². The van der Waals surface area contributed by atoms with Crippen LogP contribution in [0.5, 0.6) is 0 Å². The maximum atomic E-state index is 6.09. The Balaban J connectivity index is 1.72. The highest BCUT2D eigenvalue weighted by Gasteiger charge is 2.19. The lowest BCUT2D eigenvalue weighted by Crippen LogP contribution is -2.46. The van der Waals surface area contributed by atoms with Gasteiger partial charge in [0, 0.05) is 44.8 Å². The highest BCUT2D eigenvalue weighted by atomic mass is 35.5. The number of aliphatic imine (C=N–C) groups is 1. The van der Waals surface area contributed by atoms with Gasteiger partial charge in [-0.25, -0.2) is 0 Å². The minimum Gasteiger partial charge on any atom is -0.379 e. The number of hydrogen-bond donors (Lipinski definition) is 2. The number of halogens is 1. The molecule has 0 unspecified atom stereocenters. The minimum atomic E-state index is 0.104. The number of ether oxygens (including phenoxy) is 1. The Labute approximate surface area is 156 Å². The van der Waals surface area contributed by atoms with Gasteiger partial charge in [0.1, 0.15) is 0 Å². The normalized spacial score (nSPS) is 16.7.